The van der Waals surface area contributed by atoms with Gasteiger partial charge < -0.3 is 5.32 Å². The maximum absolute atomic E-state index is 11.9. The fraction of sp³-hybridized carbons (Fsp3) is 1.00. The number of rotatable bonds is 4. The maximum Gasteiger partial charge on any atom is 0.212 e. The van der Waals surface area contributed by atoms with Crippen LogP contribution in [-0.2, 0) is 10.0 Å². The molecule has 0 aromatic rings. The van der Waals surface area contributed by atoms with Crippen LogP contribution < -0.4 is 10.0 Å². The smallest absolute Gasteiger partial charge is 0.212 e. The van der Waals surface area contributed by atoms with E-state index in [1.54, 1.807) is 0 Å². The summed E-state index contributed by atoms with van der Waals surface area (Å²) in [6, 6.07) is 0.160. The molecule has 16 heavy (non-hydrogen) atoms. The van der Waals surface area contributed by atoms with Crippen molar-refractivity contribution in [2.45, 2.75) is 44.6 Å². The molecule has 0 aromatic heterocycles. The summed E-state index contributed by atoms with van der Waals surface area (Å²) < 4.78 is 26.7. The van der Waals surface area contributed by atoms with E-state index < -0.39 is 10.0 Å². The van der Waals surface area contributed by atoms with Gasteiger partial charge in [-0.25, -0.2) is 13.1 Å². The van der Waals surface area contributed by atoms with E-state index in [0.717, 1.165) is 38.8 Å². The highest BCUT2D eigenvalue weighted by molar-refractivity contribution is 7.89. The lowest BCUT2D eigenvalue weighted by Gasteiger charge is -2.24. The zero-order valence-corrected chi connectivity index (χ0v) is 10.6. The summed E-state index contributed by atoms with van der Waals surface area (Å²) in [5, 5.41) is 3.24. The van der Waals surface area contributed by atoms with Crippen LogP contribution in [0, 0.1) is 5.92 Å². The number of hydrogen-bond donors (Lipinski definition) is 2. The van der Waals surface area contributed by atoms with Gasteiger partial charge in [-0.15, -0.1) is 0 Å². The highest BCUT2D eigenvalue weighted by atomic mass is 32.2. The van der Waals surface area contributed by atoms with Gasteiger partial charge in [0.25, 0.3) is 0 Å². The minimum absolute atomic E-state index is 0.160. The average molecular weight is 246 g/mol. The Morgan fingerprint density at radius 1 is 1.06 bits per heavy atom. The summed E-state index contributed by atoms with van der Waals surface area (Å²) in [6.07, 6.45) is 6.43. The van der Waals surface area contributed by atoms with Gasteiger partial charge in [0.05, 0.1) is 5.75 Å². The largest absolute Gasteiger partial charge is 0.317 e. The minimum atomic E-state index is -3.04. The first-order valence-electron chi connectivity index (χ1n) is 6.36. The van der Waals surface area contributed by atoms with Crippen molar-refractivity contribution in [3.63, 3.8) is 0 Å². The van der Waals surface area contributed by atoms with Crippen molar-refractivity contribution < 1.29 is 8.42 Å². The van der Waals surface area contributed by atoms with Crippen molar-refractivity contribution >= 4 is 10.0 Å². The molecule has 4 nitrogen and oxygen atoms in total. The molecule has 94 valence electrons. The van der Waals surface area contributed by atoms with Crippen LogP contribution in [-0.4, -0.2) is 33.3 Å². The summed E-state index contributed by atoms with van der Waals surface area (Å²) in [5.41, 5.74) is 0. The molecule has 0 spiro atoms. The molecule has 0 amide bonds. The minimum Gasteiger partial charge on any atom is -0.317 e. The van der Waals surface area contributed by atoms with E-state index in [1.165, 1.54) is 12.8 Å². The molecule has 2 N–H and O–H groups in total. The van der Waals surface area contributed by atoms with E-state index in [1.807, 2.05) is 0 Å². The van der Waals surface area contributed by atoms with Gasteiger partial charge in [-0.2, -0.15) is 0 Å². The van der Waals surface area contributed by atoms with Crippen LogP contribution in [0.3, 0.4) is 0 Å². The molecule has 2 aliphatic rings. The van der Waals surface area contributed by atoms with E-state index in [9.17, 15) is 8.42 Å². The van der Waals surface area contributed by atoms with E-state index in [4.69, 9.17) is 0 Å². The number of nitrogens with one attached hydrogen (secondary N) is 2. The standard InChI is InChI=1S/C11H22N2O2S/c14-16(15,9-10-3-1-2-4-10)13-11-5-7-12-8-6-11/h10-13H,1-9H2. The highest BCUT2D eigenvalue weighted by Crippen LogP contribution is 2.25. The summed E-state index contributed by atoms with van der Waals surface area (Å²) in [6.45, 7) is 1.85. The van der Waals surface area contributed by atoms with Crippen molar-refractivity contribution in [3.8, 4) is 0 Å². The normalized spacial score (nSPS) is 25.0. The lowest BCUT2D eigenvalue weighted by atomic mass is 10.1. The van der Waals surface area contributed by atoms with Crippen LogP contribution in [0.5, 0.6) is 0 Å². The SMILES string of the molecule is O=S(=O)(CC1CCCC1)NC1CCNCC1. The van der Waals surface area contributed by atoms with E-state index >= 15 is 0 Å². The van der Waals surface area contributed by atoms with Crippen molar-refractivity contribution in [1.82, 2.24) is 10.0 Å². The third-order valence-electron chi connectivity index (χ3n) is 3.62. The van der Waals surface area contributed by atoms with Crippen molar-refractivity contribution in [2.24, 2.45) is 5.92 Å². The Morgan fingerprint density at radius 3 is 2.31 bits per heavy atom. The average Bonchev–Trinajstić information content (AvgIpc) is 2.70. The molecular formula is C11H22N2O2S. The van der Waals surface area contributed by atoms with Gasteiger partial charge in [0.1, 0.15) is 0 Å². The Kier molecular flexibility index (Phi) is 4.21. The van der Waals surface area contributed by atoms with Crippen LogP contribution in [0.15, 0.2) is 0 Å². The molecule has 5 heteroatoms. The molecule has 1 aliphatic heterocycles. The predicted molar refractivity (Wildman–Crippen MR) is 64.8 cm³/mol. The summed E-state index contributed by atoms with van der Waals surface area (Å²) >= 11 is 0. The Balaban J connectivity index is 1.81. The van der Waals surface area contributed by atoms with E-state index in [0.29, 0.717) is 11.7 Å². The molecule has 1 saturated heterocycles. The molecule has 1 saturated carbocycles. The Labute approximate surface area is 98.2 Å². The molecule has 0 radical (unpaired) electrons. The van der Waals surface area contributed by atoms with Gasteiger partial charge in [0.15, 0.2) is 0 Å². The summed E-state index contributed by atoms with van der Waals surface area (Å²) in [7, 11) is -3.04. The van der Waals surface area contributed by atoms with Crippen LogP contribution in [0.25, 0.3) is 0 Å². The number of piperidine rings is 1. The molecule has 0 atom stereocenters. The van der Waals surface area contributed by atoms with E-state index in [-0.39, 0.29) is 6.04 Å². The van der Waals surface area contributed by atoms with Crippen LogP contribution in [0.4, 0.5) is 0 Å². The van der Waals surface area contributed by atoms with E-state index in [2.05, 4.69) is 10.0 Å². The van der Waals surface area contributed by atoms with Crippen molar-refractivity contribution in [3.05, 3.63) is 0 Å². The fourth-order valence-electron chi connectivity index (χ4n) is 2.73. The zero-order valence-electron chi connectivity index (χ0n) is 9.74. The van der Waals surface area contributed by atoms with Crippen LogP contribution in [0.2, 0.25) is 0 Å². The second-order valence-corrected chi connectivity index (χ2v) is 6.87. The summed E-state index contributed by atoms with van der Waals surface area (Å²) in [4.78, 5) is 0. The van der Waals surface area contributed by atoms with Gasteiger partial charge in [-0.1, -0.05) is 12.8 Å². The predicted octanol–water partition coefficient (Wildman–Crippen LogP) is 0.848. The highest BCUT2D eigenvalue weighted by Gasteiger charge is 2.25. The van der Waals surface area contributed by atoms with Crippen molar-refractivity contribution in [2.75, 3.05) is 18.8 Å². The lowest BCUT2D eigenvalue weighted by Crippen LogP contribution is -2.44. The van der Waals surface area contributed by atoms with Gasteiger partial charge >= 0.3 is 0 Å². The number of sulfonamides is 1. The quantitative estimate of drug-likeness (QED) is 0.773. The molecule has 1 aliphatic carbocycles. The third kappa shape index (κ3) is 3.71. The first kappa shape index (κ1) is 12.3. The second kappa shape index (κ2) is 5.47. The second-order valence-electron chi connectivity index (χ2n) is 5.07. The Morgan fingerprint density at radius 2 is 1.69 bits per heavy atom. The monoisotopic (exact) mass is 246 g/mol. The van der Waals surface area contributed by atoms with Gasteiger partial charge in [0, 0.05) is 6.04 Å². The topological polar surface area (TPSA) is 58.2 Å². The van der Waals surface area contributed by atoms with Crippen LogP contribution >= 0.6 is 0 Å². The van der Waals surface area contributed by atoms with Gasteiger partial charge in [-0.05, 0) is 44.7 Å². The van der Waals surface area contributed by atoms with Crippen molar-refractivity contribution in [1.29, 1.82) is 0 Å². The Bertz CT molecular complexity index is 304. The Hall–Kier alpha value is -0.130. The summed E-state index contributed by atoms with van der Waals surface area (Å²) in [5.74, 6) is 0.746. The molecule has 2 rings (SSSR count). The molecule has 0 aromatic carbocycles. The fourth-order valence-corrected chi connectivity index (χ4v) is 4.52. The lowest BCUT2D eigenvalue weighted by molar-refractivity contribution is 0.424. The molecule has 2 fully saturated rings. The number of hydrogen-bond acceptors (Lipinski definition) is 3. The molecule has 1 heterocycles. The zero-order chi connectivity index (χ0) is 11.4. The van der Waals surface area contributed by atoms with Gasteiger partial charge in [0.2, 0.25) is 10.0 Å². The van der Waals surface area contributed by atoms with Crippen LogP contribution in [0.1, 0.15) is 38.5 Å². The maximum atomic E-state index is 11.9. The molecule has 0 unspecified atom stereocenters. The third-order valence-corrected chi connectivity index (χ3v) is 5.22. The first-order chi connectivity index (χ1) is 7.66. The molecule has 0 bridgehead atoms. The first-order valence-corrected chi connectivity index (χ1v) is 8.02. The van der Waals surface area contributed by atoms with Gasteiger partial charge in [-0.3, -0.25) is 0 Å². The molecular weight excluding hydrogens is 224 g/mol.